The molecule has 1 aliphatic carbocycles. The topological polar surface area (TPSA) is 61.6 Å². The van der Waals surface area contributed by atoms with E-state index in [0.717, 1.165) is 62.8 Å². The van der Waals surface area contributed by atoms with Crippen molar-refractivity contribution in [3.63, 3.8) is 0 Å². The SMILES string of the molecule is C=C(C)[C@@H]1CCC(C)=C[C@H]1c1c(O)cc(CCCCC)cc1OC(=O)NCC1CN1Cc1ccccc1. The van der Waals surface area contributed by atoms with Crippen LogP contribution in [0.25, 0.3) is 0 Å². The highest BCUT2D eigenvalue weighted by atomic mass is 16.6. The van der Waals surface area contributed by atoms with Gasteiger partial charge in [-0.3, -0.25) is 4.90 Å². The minimum Gasteiger partial charge on any atom is -0.507 e. The fourth-order valence-electron chi connectivity index (χ4n) is 5.48. The van der Waals surface area contributed by atoms with Crippen LogP contribution in [0.2, 0.25) is 0 Å². The monoisotopic (exact) mass is 502 g/mol. The van der Waals surface area contributed by atoms with Gasteiger partial charge in [-0.2, -0.15) is 0 Å². The number of hydrogen-bond acceptors (Lipinski definition) is 4. The van der Waals surface area contributed by atoms with E-state index in [1.54, 1.807) is 0 Å². The summed E-state index contributed by atoms with van der Waals surface area (Å²) in [5.41, 5.74) is 5.34. The van der Waals surface area contributed by atoms with Crippen molar-refractivity contribution in [3.8, 4) is 11.5 Å². The van der Waals surface area contributed by atoms with Crippen molar-refractivity contribution in [2.75, 3.05) is 13.1 Å². The Labute approximate surface area is 222 Å². The smallest absolute Gasteiger partial charge is 0.412 e. The summed E-state index contributed by atoms with van der Waals surface area (Å²) in [4.78, 5) is 15.3. The zero-order valence-electron chi connectivity index (χ0n) is 22.6. The lowest BCUT2D eigenvalue weighted by molar-refractivity contribution is 0.199. The zero-order chi connectivity index (χ0) is 26.4. The molecular weight excluding hydrogens is 460 g/mol. The maximum absolute atomic E-state index is 12.9. The van der Waals surface area contributed by atoms with Crippen LogP contribution in [0.15, 0.2) is 66.3 Å². The lowest BCUT2D eigenvalue weighted by Crippen LogP contribution is -2.32. The Morgan fingerprint density at radius 2 is 1.97 bits per heavy atom. The molecule has 4 atom stereocenters. The summed E-state index contributed by atoms with van der Waals surface area (Å²) in [6.07, 6.45) is 7.88. The number of nitrogens with one attached hydrogen (secondary N) is 1. The van der Waals surface area contributed by atoms with Crippen molar-refractivity contribution in [2.45, 2.75) is 77.8 Å². The second-order valence-corrected chi connectivity index (χ2v) is 10.9. The fourth-order valence-corrected chi connectivity index (χ4v) is 5.48. The predicted octanol–water partition coefficient (Wildman–Crippen LogP) is 7.11. The summed E-state index contributed by atoms with van der Waals surface area (Å²) in [6, 6.07) is 14.5. The molecule has 0 saturated carbocycles. The van der Waals surface area contributed by atoms with Gasteiger partial charge in [0.2, 0.25) is 0 Å². The van der Waals surface area contributed by atoms with Gasteiger partial charge in [-0.05, 0) is 68.7 Å². The van der Waals surface area contributed by atoms with E-state index in [1.165, 1.54) is 11.1 Å². The number of aryl methyl sites for hydroxylation is 1. The molecule has 4 rings (SSSR count). The number of amides is 1. The average Bonchev–Trinajstić information content (AvgIpc) is 3.60. The number of unbranched alkanes of at least 4 members (excludes halogenated alkanes) is 2. The van der Waals surface area contributed by atoms with Crippen LogP contribution in [0.4, 0.5) is 4.79 Å². The van der Waals surface area contributed by atoms with Crippen LogP contribution in [0.3, 0.4) is 0 Å². The third-order valence-electron chi connectivity index (χ3n) is 7.70. The Balaban J connectivity index is 1.48. The molecule has 1 fully saturated rings. The lowest BCUT2D eigenvalue weighted by atomic mass is 9.73. The standard InChI is InChI=1S/C32H42N2O3/c1-5-6-8-13-25-17-29(35)31(28-16-23(4)14-15-27(28)22(2)3)30(18-25)37-32(36)33-19-26-21-34(26)20-24-11-9-7-10-12-24/h7,9-12,16-18,26-28,35H,2,5-6,8,13-15,19-21H2,1,3-4H3,(H,33,36)/t26?,27-,28+,34?/m0/s1. The highest BCUT2D eigenvalue weighted by molar-refractivity contribution is 5.72. The van der Waals surface area contributed by atoms with Gasteiger partial charge in [0.25, 0.3) is 0 Å². The number of carbonyl (C=O) groups excluding carboxylic acids is 1. The van der Waals surface area contributed by atoms with Crippen molar-refractivity contribution in [3.05, 3.63) is 83.0 Å². The van der Waals surface area contributed by atoms with E-state index >= 15 is 0 Å². The van der Waals surface area contributed by atoms with Crippen LogP contribution >= 0.6 is 0 Å². The van der Waals surface area contributed by atoms with Gasteiger partial charge in [0.15, 0.2) is 0 Å². The molecule has 0 spiro atoms. The molecule has 2 aromatic rings. The quantitative estimate of drug-likeness (QED) is 0.195. The van der Waals surface area contributed by atoms with Gasteiger partial charge < -0.3 is 15.2 Å². The fraction of sp³-hybridized carbons (Fsp3) is 0.469. The lowest BCUT2D eigenvalue weighted by Gasteiger charge is -2.32. The van der Waals surface area contributed by atoms with E-state index in [2.05, 4.69) is 48.9 Å². The van der Waals surface area contributed by atoms with E-state index < -0.39 is 6.09 Å². The summed E-state index contributed by atoms with van der Waals surface area (Å²) in [6.45, 7) is 13.0. The molecule has 2 aliphatic rings. The summed E-state index contributed by atoms with van der Waals surface area (Å²) in [7, 11) is 0. The minimum atomic E-state index is -0.471. The molecule has 1 aliphatic heterocycles. The zero-order valence-corrected chi connectivity index (χ0v) is 22.6. The van der Waals surface area contributed by atoms with Crippen LogP contribution < -0.4 is 10.1 Å². The molecule has 2 aromatic carbocycles. The molecule has 2 unspecified atom stereocenters. The molecule has 1 amide bonds. The van der Waals surface area contributed by atoms with Crippen molar-refractivity contribution < 1.29 is 14.6 Å². The Morgan fingerprint density at radius 1 is 1.19 bits per heavy atom. The molecule has 2 N–H and O–H groups in total. The first kappa shape index (κ1) is 27.0. The minimum absolute atomic E-state index is 0.0662. The molecule has 198 valence electrons. The van der Waals surface area contributed by atoms with Crippen LogP contribution in [-0.2, 0) is 13.0 Å². The number of phenolic OH excluding ortho intramolecular Hbond substituents is 1. The summed E-state index contributed by atoms with van der Waals surface area (Å²) < 4.78 is 5.93. The largest absolute Gasteiger partial charge is 0.507 e. The van der Waals surface area contributed by atoms with E-state index in [1.807, 2.05) is 37.3 Å². The first-order valence-corrected chi connectivity index (χ1v) is 13.8. The predicted molar refractivity (Wildman–Crippen MR) is 150 cm³/mol. The Morgan fingerprint density at radius 3 is 2.70 bits per heavy atom. The molecule has 0 radical (unpaired) electrons. The Kier molecular flexibility index (Phi) is 9.09. The second-order valence-electron chi connectivity index (χ2n) is 10.9. The van der Waals surface area contributed by atoms with Crippen LogP contribution in [0.1, 0.15) is 75.5 Å². The number of rotatable bonds is 11. The molecule has 5 nitrogen and oxygen atoms in total. The van der Waals surface area contributed by atoms with Gasteiger partial charge in [-0.15, -0.1) is 0 Å². The first-order valence-electron chi connectivity index (χ1n) is 13.8. The molecule has 1 heterocycles. The van der Waals surface area contributed by atoms with Gasteiger partial charge in [0.1, 0.15) is 11.5 Å². The highest BCUT2D eigenvalue weighted by Gasteiger charge is 2.34. The van der Waals surface area contributed by atoms with Gasteiger partial charge in [-0.1, -0.05) is 73.9 Å². The number of nitrogens with zero attached hydrogens (tertiary/aromatic N) is 1. The summed E-state index contributed by atoms with van der Waals surface area (Å²) >= 11 is 0. The molecule has 5 heteroatoms. The second kappa shape index (κ2) is 12.5. The molecule has 0 bridgehead atoms. The number of benzene rings is 2. The van der Waals surface area contributed by atoms with Crippen LogP contribution in [0.5, 0.6) is 11.5 Å². The van der Waals surface area contributed by atoms with Crippen molar-refractivity contribution in [1.29, 1.82) is 0 Å². The van der Waals surface area contributed by atoms with Gasteiger partial charge in [-0.25, -0.2) is 4.79 Å². The number of ether oxygens (including phenoxy) is 1. The molecule has 1 saturated heterocycles. The number of phenols is 1. The van der Waals surface area contributed by atoms with Crippen LogP contribution in [-0.4, -0.2) is 35.2 Å². The number of aromatic hydroxyl groups is 1. The number of hydrogen-bond donors (Lipinski definition) is 2. The number of allylic oxidation sites excluding steroid dienone is 3. The average molecular weight is 503 g/mol. The molecule has 0 aromatic heterocycles. The van der Waals surface area contributed by atoms with Crippen molar-refractivity contribution >= 4 is 6.09 Å². The Hall–Kier alpha value is -3.05. The third-order valence-corrected chi connectivity index (χ3v) is 7.70. The molecular formula is C32H42N2O3. The van der Waals surface area contributed by atoms with Crippen molar-refractivity contribution in [2.24, 2.45) is 5.92 Å². The van der Waals surface area contributed by atoms with Crippen LogP contribution in [0, 0.1) is 5.92 Å². The highest BCUT2D eigenvalue weighted by Crippen LogP contribution is 2.47. The Bertz CT molecular complexity index is 1120. The maximum atomic E-state index is 12.9. The maximum Gasteiger partial charge on any atom is 0.412 e. The van der Waals surface area contributed by atoms with E-state index in [9.17, 15) is 9.90 Å². The van der Waals surface area contributed by atoms with Crippen molar-refractivity contribution in [1.82, 2.24) is 10.2 Å². The summed E-state index contributed by atoms with van der Waals surface area (Å²) in [5, 5.41) is 14.2. The normalized spacial score (nSPS) is 22.7. The van der Waals surface area contributed by atoms with Gasteiger partial charge >= 0.3 is 6.09 Å². The van der Waals surface area contributed by atoms with E-state index in [-0.39, 0.29) is 17.6 Å². The first-order chi connectivity index (χ1) is 17.9. The molecule has 37 heavy (non-hydrogen) atoms. The van der Waals surface area contributed by atoms with Gasteiger partial charge in [0.05, 0.1) is 0 Å². The number of carbonyl (C=O) groups is 1. The summed E-state index contributed by atoms with van der Waals surface area (Å²) in [5.74, 6) is 0.797. The van der Waals surface area contributed by atoms with Gasteiger partial charge in [0, 0.05) is 37.2 Å². The van der Waals surface area contributed by atoms with E-state index in [4.69, 9.17) is 4.74 Å². The third kappa shape index (κ3) is 7.26. The van der Waals surface area contributed by atoms with E-state index in [0.29, 0.717) is 23.9 Å².